The summed E-state index contributed by atoms with van der Waals surface area (Å²) >= 11 is 5.81. The first kappa shape index (κ1) is 18.5. The molecule has 9 heteroatoms. The van der Waals surface area contributed by atoms with Gasteiger partial charge in [-0.1, -0.05) is 11.6 Å². The minimum atomic E-state index is -5.06. The number of benzene rings is 2. The van der Waals surface area contributed by atoms with Crippen molar-refractivity contribution in [1.82, 2.24) is 9.97 Å². The molecule has 0 unspecified atom stereocenters. The van der Waals surface area contributed by atoms with Crippen LogP contribution in [0.5, 0.6) is 0 Å². The zero-order valence-electron chi connectivity index (χ0n) is 13.0. The maximum atomic E-state index is 14.3. The number of nitrogens with two attached hydrogens (primary N) is 1. The summed E-state index contributed by atoms with van der Waals surface area (Å²) in [5.74, 6) is -3.55. The molecule has 0 radical (unpaired) electrons. The van der Waals surface area contributed by atoms with Gasteiger partial charge in [0.15, 0.2) is 17.5 Å². The molecule has 26 heavy (non-hydrogen) atoms. The van der Waals surface area contributed by atoms with Crippen LogP contribution in [0.4, 0.5) is 22.0 Å². The molecular formula is C17H11ClF5N3. The number of hydrogen-bond acceptors (Lipinski definition) is 3. The smallest absolute Gasteiger partial charge is 0.330 e. The van der Waals surface area contributed by atoms with Crippen LogP contribution >= 0.6 is 11.6 Å². The molecule has 136 valence electrons. The normalized spacial score (nSPS) is 12.0. The van der Waals surface area contributed by atoms with Gasteiger partial charge in [0.05, 0.1) is 22.2 Å². The lowest BCUT2D eigenvalue weighted by atomic mass is 10.1. The molecule has 2 N–H and O–H groups in total. The van der Waals surface area contributed by atoms with Crippen molar-refractivity contribution < 1.29 is 22.0 Å². The average Bonchev–Trinajstić information content (AvgIpc) is 2.57. The summed E-state index contributed by atoms with van der Waals surface area (Å²) in [5.41, 5.74) is 3.91. The largest absolute Gasteiger partial charge is 0.419 e. The van der Waals surface area contributed by atoms with Crippen LogP contribution in [0.25, 0.3) is 22.3 Å². The Morgan fingerprint density at radius 2 is 1.65 bits per heavy atom. The number of halogens is 6. The minimum Gasteiger partial charge on any atom is -0.330 e. The highest BCUT2D eigenvalue weighted by molar-refractivity contribution is 6.30. The Bertz CT molecular complexity index is 971. The van der Waals surface area contributed by atoms with Gasteiger partial charge in [-0.05, 0) is 36.9 Å². The van der Waals surface area contributed by atoms with Crippen molar-refractivity contribution >= 4 is 22.5 Å². The van der Waals surface area contributed by atoms with E-state index in [-0.39, 0.29) is 30.0 Å². The van der Waals surface area contributed by atoms with Gasteiger partial charge in [-0.2, -0.15) is 13.2 Å². The van der Waals surface area contributed by atoms with Crippen LogP contribution in [-0.4, -0.2) is 16.5 Å². The Labute approximate surface area is 149 Å². The van der Waals surface area contributed by atoms with E-state index < -0.39 is 28.8 Å². The van der Waals surface area contributed by atoms with E-state index in [0.717, 1.165) is 0 Å². The third-order valence-corrected chi connectivity index (χ3v) is 3.98. The topological polar surface area (TPSA) is 51.8 Å². The van der Waals surface area contributed by atoms with Crippen molar-refractivity contribution in [2.24, 2.45) is 5.73 Å². The van der Waals surface area contributed by atoms with Gasteiger partial charge < -0.3 is 5.73 Å². The van der Waals surface area contributed by atoms with Gasteiger partial charge in [0.2, 0.25) is 0 Å². The number of alkyl halides is 3. The summed E-state index contributed by atoms with van der Waals surface area (Å²) < 4.78 is 67.2. The molecule has 0 aliphatic rings. The molecule has 0 saturated carbocycles. The third-order valence-electron chi connectivity index (χ3n) is 3.73. The number of aromatic nitrogens is 2. The van der Waals surface area contributed by atoms with E-state index >= 15 is 0 Å². The molecule has 3 aromatic rings. The van der Waals surface area contributed by atoms with Gasteiger partial charge in [-0.3, -0.25) is 0 Å². The van der Waals surface area contributed by atoms with E-state index in [9.17, 15) is 22.0 Å². The molecule has 1 aromatic heterocycles. The average molecular weight is 388 g/mol. The molecule has 3 nitrogen and oxygen atoms in total. The van der Waals surface area contributed by atoms with Gasteiger partial charge in [0.25, 0.3) is 0 Å². The Morgan fingerprint density at radius 1 is 1.00 bits per heavy atom. The maximum Gasteiger partial charge on any atom is 0.419 e. The standard InChI is InChI=1S/C17H11ClF5N3/c18-9-3-1-8(2-4-9)16-25-11(5-6-24)13-12(26-16)7-10(17(21,22)23)14(19)15(13)20/h1-4,7H,5-6,24H2. The van der Waals surface area contributed by atoms with Crippen LogP contribution in [0.15, 0.2) is 30.3 Å². The molecule has 0 bridgehead atoms. The van der Waals surface area contributed by atoms with E-state index in [1.807, 2.05) is 0 Å². The van der Waals surface area contributed by atoms with Crippen LogP contribution < -0.4 is 5.73 Å². The summed E-state index contributed by atoms with van der Waals surface area (Å²) in [5, 5.41) is 0.0443. The summed E-state index contributed by atoms with van der Waals surface area (Å²) in [7, 11) is 0. The molecule has 0 aliphatic carbocycles. The third kappa shape index (κ3) is 3.34. The summed E-state index contributed by atoms with van der Waals surface area (Å²) in [6.07, 6.45) is -5.01. The number of rotatable bonds is 3. The van der Waals surface area contributed by atoms with Crippen LogP contribution in [0.1, 0.15) is 11.3 Å². The molecule has 0 spiro atoms. The maximum absolute atomic E-state index is 14.3. The fourth-order valence-electron chi connectivity index (χ4n) is 2.55. The van der Waals surface area contributed by atoms with Crippen molar-refractivity contribution in [3.05, 3.63) is 58.2 Å². The molecule has 1 heterocycles. The van der Waals surface area contributed by atoms with Crippen LogP contribution in [0.2, 0.25) is 5.02 Å². The minimum absolute atomic E-state index is 0.0348. The first-order valence-corrected chi connectivity index (χ1v) is 7.82. The van der Waals surface area contributed by atoms with Crippen molar-refractivity contribution in [3.63, 3.8) is 0 Å². The van der Waals surface area contributed by atoms with Crippen molar-refractivity contribution in [2.75, 3.05) is 6.54 Å². The van der Waals surface area contributed by atoms with E-state index in [1.54, 1.807) is 24.3 Å². The first-order valence-electron chi connectivity index (χ1n) is 7.44. The molecule has 0 fully saturated rings. The number of hydrogen-bond donors (Lipinski definition) is 1. The molecule has 0 aliphatic heterocycles. The van der Waals surface area contributed by atoms with Gasteiger partial charge in [0, 0.05) is 17.0 Å². The second-order valence-electron chi connectivity index (χ2n) is 5.48. The van der Waals surface area contributed by atoms with E-state index in [4.69, 9.17) is 17.3 Å². The summed E-state index contributed by atoms with van der Waals surface area (Å²) in [6.45, 7) is 0.0499. The lowest BCUT2D eigenvalue weighted by Crippen LogP contribution is -2.13. The quantitative estimate of drug-likeness (QED) is 0.660. The highest BCUT2D eigenvalue weighted by atomic mass is 35.5. The zero-order chi connectivity index (χ0) is 19.1. The van der Waals surface area contributed by atoms with Crippen molar-refractivity contribution in [1.29, 1.82) is 0 Å². The second-order valence-corrected chi connectivity index (χ2v) is 5.92. The van der Waals surface area contributed by atoms with Crippen molar-refractivity contribution in [2.45, 2.75) is 12.6 Å². The van der Waals surface area contributed by atoms with E-state index in [0.29, 0.717) is 16.7 Å². The molecule has 2 aromatic carbocycles. The first-order chi connectivity index (χ1) is 12.2. The second kappa shape index (κ2) is 6.77. The molecule has 0 saturated heterocycles. The Morgan fingerprint density at radius 3 is 2.23 bits per heavy atom. The lowest BCUT2D eigenvalue weighted by Gasteiger charge is -2.13. The summed E-state index contributed by atoms with van der Waals surface area (Å²) in [6, 6.07) is 6.73. The van der Waals surface area contributed by atoms with Gasteiger partial charge >= 0.3 is 6.18 Å². The van der Waals surface area contributed by atoms with Crippen LogP contribution in [-0.2, 0) is 12.6 Å². The van der Waals surface area contributed by atoms with E-state index in [2.05, 4.69) is 9.97 Å². The fourth-order valence-corrected chi connectivity index (χ4v) is 2.68. The Hall–Kier alpha value is -2.32. The zero-order valence-corrected chi connectivity index (χ0v) is 13.8. The van der Waals surface area contributed by atoms with Crippen LogP contribution in [0, 0.1) is 11.6 Å². The highest BCUT2D eigenvalue weighted by Crippen LogP contribution is 2.36. The predicted octanol–water partition coefficient (Wildman–Crippen LogP) is 4.75. The fraction of sp³-hybridized carbons (Fsp3) is 0.176. The summed E-state index contributed by atoms with van der Waals surface area (Å²) in [4.78, 5) is 8.15. The Kier molecular flexibility index (Phi) is 4.81. The van der Waals surface area contributed by atoms with Gasteiger partial charge in [-0.25, -0.2) is 18.7 Å². The molecule has 0 amide bonds. The Balaban J connectivity index is 2.33. The molecule has 0 atom stereocenters. The number of nitrogens with zero attached hydrogens (tertiary/aromatic N) is 2. The van der Waals surface area contributed by atoms with Crippen molar-refractivity contribution in [3.8, 4) is 11.4 Å². The van der Waals surface area contributed by atoms with E-state index in [1.165, 1.54) is 0 Å². The predicted molar refractivity (Wildman–Crippen MR) is 87.7 cm³/mol. The lowest BCUT2D eigenvalue weighted by molar-refractivity contribution is -0.140. The number of fused-ring (bicyclic) bond motifs is 1. The van der Waals surface area contributed by atoms with Gasteiger partial charge in [-0.15, -0.1) is 0 Å². The highest BCUT2D eigenvalue weighted by Gasteiger charge is 2.37. The molecular weight excluding hydrogens is 377 g/mol. The monoisotopic (exact) mass is 387 g/mol. The van der Waals surface area contributed by atoms with Crippen LogP contribution in [0.3, 0.4) is 0 Å². The van der Waals surface area contributed by atoms with Gasteiger partial charge in [0.1, 0.15) is 0 Å². The SMILES string of the molecule is NCCc1nc(-c2ccc(Cl)cc2)nc2cc(C(F)(F)F)c(F)c(F)c12. The molecule has 3 rings (SSSR count).